The maximum Gasteiger partial charge on any atom is 0.387 e. The van der Waals surface area contributed by atoms with Gasteiger partial charge in [-0.2, -0.15) is 8.78 Å². The fraction of sp³-hybridized carbons (Fsp3) is 0.417. The minimum Gasteiger partial charge on any atom is -0.433 e. The number of rotatable bonds is 10. The van der Waals surface area contributed by atoms with Gasteiger partial charge in [-0.1, -0.05) is 11.6 Å². The van der Waals surface area contributed by atoms with Crippen molar-refractivity contribution in [3.63, 3.8) is 0 Å². The summed E-state index contributed by atoms with van der Waals surface area (Å²) in [6, 6.07) is 5.21. The zero-order chi connectivity index (χ0) is 27.9. The molecule has 2 heterocycles. The van der Waals surface area contributed by atoms with Gasteiger partial charge >= 0.3 is 12.6 Å². The number of morpholine rings is 1. The molecule has 1 saturated carbocycles. The molecule has 2 aromatic rings. The Labute approximate surface area is 231 Å². The SMILES string of the molecule is O=C(NC1CCC1)N[C@@H](CNC(=O)c1ccc(Cl)s1)C(=O)Nc1ccc(N2CCOCC2=O)c(OC(F)F)c1. The number of anilines is 2. The molecule has 0 unspecified atom stereocenters. The van der Waals surface area contributed by atoms with Crippen molar-refractivity contribution in [2.45, 2.75) is 38.0 Å². The Balaban J connectivity index is 1.48. The lowest BCUT2D eigenvalue weighted by Crippen LogP contribution is -2.55. The van der Waals surface area contributed by atoms with Crippen LogP contribution in [0.5, 0.6) is 5.75 Å². The molecule has 39 heavy (non-hydrogen) atoms. The average Bonchev–Trinajstić information content (AvgIpc) is 3.30. The molecule has 0 radical (unpaired) electrons. The van der Waals surface area contributed by atoms with Crippen LogP contribution in [-0.4, -0.2) is 68.8 Å². The molecule has 1 aromatic heterocycles. The van der Waals surface area contributed by atoms with Crippen LogP contribution in [0.3, 0.4) is 0 Å². The Morgan fingerprint density at radius 2 is 2.00 bits per heavy atom. The number of thiophene rings is 1. The van der Waals surface area contributed by atoms with Gasteiger partial charge < -0.3 is 35.6 Å². The van der Waals surface area contributed by atoms with E-state index in [1.165, 1.54) is 23.1 Å². The molecular weight excluding hydrogens is 560 g/mol. The first-order valence-electron chi connectivity index (χ1n) is 12.1. The van der Waals surface area contributed by atoms with Crippen molar-refractivity contribution < 1.29 is 37.4 Å². The minimum atomic E-state index is -3.18. The van der Waals surface area contributed by atoms with Crippen LogP contribution in [0.4, 0.5) is 25.0 Å². The molecule has 15 heteroatoms. The summed E-state index contributed by atoms with van der Waals surface area (Å²) in [4.78, 5) is 51.9. The number of nitrogens with one attached hydrogen (secondary N) is 4. The van der Waals surface area contributed by atoms with Crippen molar-refractivity contribution in [1.82, 2.24) is 16.0 Å². The van der Waals surface area contributed by atoms with Gasteiger partial charge in [0.25, 0.3) is 11.8 Å². The molecule has 1 aliphatic heterocycles. The molecule has 1 aromatic carbocycles. The van der Waals surface area contributed by atoms with E-state index in [9.17, 15) is 28.0 Å². The van der Waals surface area contributed by atoms with E-state index in [2.05, 4.69) is 26.0 Å². The summed E-state index contributed by atoms with van der Waals surface area (Å²) in [7, 11) is 0. The number of hydrogen-bond acceptors (Lipinski definition) is 7. The highest BCUT2D eigenvalue weighted by Crippen LogP contribution is 2.33. The highest BCUT2D eigenvalue weighted by atomic mass is 35.5. The van der Waals surface area contributed by atoms with Crippen molar-refractivity contribution in [3.05, 3.63) is 39.5 Å². The van der Waals surface area contributed by atoms with Crippen LogP contribution in [0.15, 0.2) is 30.3 Å². The van der Waals surface area contributed by atoms with Crippen molar-refractivity contribution in [1.29, 1.82) is 0 Å². The summed E-state index contributed by atoms with van der Waals surface area (Å²) in [6.45, 7) is -3.29. The summed E-state index contributed by atoms with van der Waals surface area (Å²) < 4.78 is 36.4. The number of urea groups is 1. The summed E-state index contributed by atoms with van der Waals surface area (Å²) in [5.41, 5.74) is 0.167. The van der Waals surface area contributed by atoms with E-state index in [1.54, 1.807) is 6.07 Å². The Bertz CT molecular complexity index is 1230. The van der Waals surface area contributed by atoms with Gasteiger partial charge in [-0.25, -0.2) is 4.79 Å². The third-order valence-electron chi connectivity index (χ3n) is 6.05. The van der Waals surface area contributed by atoms with Crippen molar-refractivity contribution >= 4 is 58.1 Å². The standard InChI is InChI=1S/C24H26ClF2N5O6S/c25-19-7-6-18(39-19)22(35)28-11-15(31-24(36)30-13-2-1-3-13)21(34)29-14-4-5-16(17(10-14)38-23(26)27)32-8-9-37-12-20(32)33/h4-7,10,13,15,23H,1-3,8-9,11-12H2,(H,28,35)(H,29,34)(H2,30,31,36)/t15-/m0/s1. The maximum absolute atomic E-state index is 13.1. The first-order valence-corrected chi connectivity index (χ1v) is 13.3. The van der Waals surface area contributed by atoms with E-state index in [0.29, 0.717) is 9.21 Å². The maximum atomic E-state index is 13.1. The van der Waals surface area contributed by atoms with E-state index >= 15 is 0 Å². The summed E-state index contributed by atoms with van der Waals surface area (Å²) >= 11 is 6.93. The van der Waals surface area contributed by atoms with E-state index in [4.69, 9.17) is 16.3 Å². The lowest BCUT2D eigenvalue weighted by molar-refractivity contribution is -0.125. The molecule has 11 nitrogen and oxygen atoms in total. The Hall–Kier alpha value is -3.49. The topological polar surface area (TPSA) is 138 Å². The van der Waals surface area contributed by atoms with Gasteiger partial charge in [0.05, 0.1) is 21.5 Å². The van der Waals surface area contributed by atoms with Crippen LogP contribution in [0.25, 0.3) is 0 Å². The van der Waals surface area contributed by atoms with E-state index < -0.39 is 36.4 Å². The fourth-order valence-electron chi connectivity index (χ4n) is 3.87. The first kappa shape index (κ1) is 28.5. The molecule has 2 fully saturated rings. The predicted molar refractivity (Wildman–Crippen MR) is 140 cm³/mol. The van der Waals surface area contributed by atoms with Gasteiger partial charge in [-0.3, -0.25) is 14.4 Å². The largest absolute Gasteiger partial charge is 0.433 e. The molecule has 5 amide bonds. The van der Waals surface area contributed by atoms with Crippen LogP contribution in [0.1, 0.15) is 28.9 Å². The first-order chi connectivity index (χ1) is 18.7. The van der Waals surface area contributed by atoms with Gasteiger partial charge in [0, 0.05) is 30.9 Å². The Kier molecular flexibility index (Phi) is 9.54. The van der Waals surface area contributed by atoms with Gasteiger partial charge in [-0.05, 0) is 43.5 Å². The number of alkyl halides is 2. The fourth-order valence-corrected chi connectivity index (χ4v) is 4.83. The highest BCUT2D eigenvalue weighted by Gasteiger charge is 2.27. The third-order valence-corrected chi connectivity index (χ3v) is 7.28. The molecule has 4 N–H and O–H groups in total. The number of carbonyl (C=O) groups excluding carboxylic acids is 4. The summed E-state index contributed by atoms with van der Waals surface area (Å²) in [5.74, 6) is -1.96. The molecule has 0 spiro atoms. The second kappa shape index (κ2) is 13.0. The Morgan fingerprint density at radius 1 is 1.21 bits per heavy atom. The molecular formula is C24H26ClF2N5O6S. The number of nitrogens with zero attached hydrogens (tertiary/aromatic N) is 1. The molecule has 210 valence electrons. The monoisotopic (exact) mass is 585 g/mol. The zero-order valence-corrected chi connectivity index (χ0v) is 22.1. The van der Waals surface area contributed by atoms with Gasteiger partial charge in [0.1, 0.15) is 12.6 Å². The van der Waals surface area contributed by atoms with Crippen molar-refractivity contribution in [2.24, 2.45) is 0 Å². The molecule has 0 bridgehead atoms. The van der Waals surface area contributed by atoms with E-state index in [0.717, 1.165) is 36.7 Å². The summed E-state index contributed by atoms with van der Waals surface area (Å²) in [5, 5.41) is 10.4. The second-order valence-electron chi connectivity index (χ2n) is 8.76. The van der Waals surface area contributed by atoms with E-state index in [1.807, 2.05) is 0 Å². The zero-order valence-electron chi connectivity index (χ0n) is 20.5. The lowest BCUT2D eigenvalue weighted by Gasteiger charge is -2.29. The molecule has 2 aliphatic rings. The molecule has 1 aliphatic carbocycles. The number of benzene rings is 1. The summed E-state index contributed by atoms with van der Waals surface area (Å²) in [6.07, 6.45) is 2.64. The van der Waals surface area contributed by atoms with Crippen LogP contribution >= 0.6 is 22.9 Å². The predicted octanol–water partition coefficient (Wildman–Crippen LogP) is 2.95. The van der Waals surface area contributed by atoms with Crippen LogP contribution in [-0.2, 0) is 14.3 Å². The average molecular weight is 586 g/mol. The van der Waals surface area contributed by atoms with Gasteiger partial charge in [0.15, 0.2) is 5.75 Å². The second-order valence-corrected chi connectivity index (χ2v) is 10.5. The smallest absolute Gasteiger partial charge is 0.387 e. The number of carbonyl (C=O) groups is 4. The molecule has 1 saturated heterocycles. The third kappa shape index (κ3) is 7.77. The van der Waals surface area contributed by atoms with Gasteiger partial charge in [0.2, 0.25) is 5.91 Å². The molecule has 1 atom stereocenters. The van der Waals surface area contributed by atoms with Crippen molar-refractivity contribution in [2.75, 3.05) is 36.5 Å². The number of hydrogen-bond donors (Lipinski definition) is 4. The van der Waals surface area contributed by atoms with Crippen LogP contribution in [0.2, 0.25) is 4.34 Å². The van der Waals surface area contributed by atoms with E-state index in [-0.39, 0.29) is 49.5 Å². The normalized spacial score (nSPS) is 16.3. The van der Waals surface area contributed by atoms with Crippen molar-refractivity contribution in [3.8, 4) is 5.75 Å². The molecule has 4 rings (SSSR count). The highest BCUT2D eigenvalue weighted by molar-refractivity contribution is 7.18. The van der Waals surface area contributed by atoms with Crippen LogP contribution in [0, 0.1) is 0 Å². The van der Waals surface area contributed by atoms with Crippen LogP contribution < -0.4 is 30.9 Å². The quantitative estimate of drug-likeness (QED) is 0.338. The Morgan fingerprint density at radius 3 is 2.64 bits per heavy atom. The number of amides is 5. The lowest BCUT2D eigenvalue weighted by atomic mass is 9.93. The number of halogens is 3. The number of ether oxygens (including phenoxy) is 2. The minimum absolute atomic E-state index is 0.000981. The van der Waals surface area contributed by atoms with Gasteiger partial charge in [-0.15, -0.1) is 11.3 Å².